The Bertz CT molecular complexity index is 823. The first kappa shape index (κ1) is 20.7. The van der Waals surface area contributed by atoms with Gasteiger partial charge in [0.25, 0.3) is 0 Å². The fraction of sp³-hybridized carbons (Fsp3) is 0.643. The maximum absolute atomic E-state index is 11.9. The van der Waals surface area contributed by atoms with Gasteiger partial charge in [0.15, 0.2) is 11.6 Å². The molecule has 0 bridgehead atoms. The first-order chi connectivity index (χ1) is 13.0. The quantitative estimate of drug-likeness (QED) is 0.341. The summed E-state index contributed by atoms with van der Waals surface area (Å²) in [5.41, 5.74) is 4.62. The van der Waals surface area contributed by atoms with E-state index in [9.17, 15) is 14.2 Å². The van der Waals surface area contributed by atoms with E-state index in [-0.39, 0.29) is 18.8 Å². The lowest BCUT2D eigenvalue weighted by atomic mass is 9.99. The minimum Gasteiger partial charge on any atom is -0.460 e. The van der Waals surface area contributed by atoms with Crippen molar-refractivity contribution in [1.82, 2.24) is 4.90 Å². The SMILES string of the molecule is CC(=O)O[C@H]1C[C@H](N2CN=C3C2=NC=NC3(N)C(C)=O)O[C@@H]1COP(=O)(O)O. The highest BCUT2D eigenvalue weighted by Gasteiger charge is 2.49. The molecule has 1 saturated heterocycles. The minimum absolute atomic E-state index is 0.0767. The number of hydrogen-bond acceptors (Lipinski definition) is 11. The Morgan fingerprint density at radius 3 is 2.79 bits per heavy atom. The largest absolute Gasteiger partial charge is 0.469 e. The van der Waals surface area contributed by atoms with Crippen LogP contribution in [0, 0.1) is 0 Å². The molecule has 4 atom stereocenters. The molecule has 0 spiro atoms. The number of phosphoric ester groups is 1. The lowest BCUT2D eigenvalue weighted by molar-refractivity contribution is -0.150. The van der Waals surface area contributed by atoms with Crippen LogP contribution in [0.25, 0.3) is 0 Å². The molecule has 0 amide bonds. The number of esters is 1. The van der Waals surface area contributed by atoms with Crippen molar-refractivity contribution in [1.29, 1.82) is 0 Å². The van der Waals surface area contributed by atoms with Crippen molar-refractivity contribution >= 4 is 37.5 Å². The molecule has 3 heterocycles. The number of nitrogens with two attached hydrogens (primary N) is 1. The van der Waals surface area contributed by atoms with Crippen molar-refractivity contribution in [2.75, 3.05) is 13.3 Å². The molecule has 0 aromatic heterocycles. The number of ketones is 1. The van der Waals surface area contributed by atoms with Crippen LogP contribution < -0.4 is 5.73 Å². The van der Waals surface area contributed by atoms with Gasteiger partial charge in [-0.25, -0.2) is 14.5 Å². The van der Waals surface area contributed by atoms with Crippen LogP contribution in [0.1, 0.15) is 20.3 Å². The number of nitrogens with zero attached hydrogens (tertiary/aromatic N) is 4. The molecule has 3 aliphatic heterocycles. The molecule has 3 aliphatic rings. The van der Waals surface area contributed by atoms with Crippen LogP contribution in [0.3, 0.4) is 0 Å². The summed E-state index contributed by atoms with van der Waals surface area (Å²) >= 11 is 0. The second-order valence-corrected chi connectivity index (χ2v) is 7.68. The summed E-state index contributed by atoms with van der Waals surface area (Å²) in [5.74, 6) is -0.681. The van der Waals surface area contributed by atoms with E-state index >= 15 is 0 Å². The summed E-state index contributed by atoms with van der Waals surface area (Å²) in [7, 11) is -4.73. The standard InChI is InChI=1S/C14H20N5O8P/c1-7(20)14(15)12-13(16-5-18-14)19(6-17-12)11-3-9(26-8(2)21)10(27-11)4-25-28(22,23)24/h5,9-11H,3-4,6,15H2,1-2H3,(H2,22,23,24)/t9-,10+,11+,14?/m0/s1. The van der Waals surface area contributed by atoms with Gasteiger partial charge in [-0.3, -0.25) is 24.8 Å². The molecule has 154 valence electrons. The van der Waals surface area contributed by atoms with Crippen LogP contribution >= 0.6 is 7.82 Å². The van der Waals surface area contributed by atoms with Crippen molar-refractivity contribution in [3.8, 4) is 0 Å². The van der Waals surface area contributed by atoms with Gasteiger partial charge in [-0.2, -0.15) is 0 Å². The first-order valence-electron chi connectivity index (χ1n) is 8.27. The molecule has 1 unspecified atom stereocenters. The Labute approximate surface area is 159 Å². The van der Waals surface area contributed by atoms with Crippen LogP contribution in [-0.2, 0) is 28.2 Å². The van der Waals surface area contributed by atoms with Gasteiger partial charge in [-0.15, -0.1) is 0 Å². The number of phosphoric acid groups is 1. The predicted molar refractivity (Wildman–Crippen MR) is 94.5 cm³/mol. The molecule has 3 rings (SSSR count). The summed E-state index contributed by atoms with van der Waals surface area (Å²) in [6.07, 6.45) is -1.07. The van der Waals surface area contributed by atoms with Crippen LogP contribution in [-0.4, -0.2) is 81.7 Å². The van der Waals surface area contributed by atoms with E-state index < -0.39 is 50.3 Å². The van der Waals surface area contributed by atoms with Gasteiger partial charge in [0.1, 0.15) is 37.2 Å². The Hall–Kier alpha value is -2.02. The number of carbonyl (C=O) groups is 2. The zero-order valence-corrected chi connectivity index (χ0v) is 16.0. The van der Waals surface area contributed by atoms with Gasteiger partial charge in [0, 0.05) is 13.3 Å². The first-order valence-corrected chi connectivity index (χ1v) is 9.80. The minimum atomic E-state index is -4.73. The second kappa shape index (κ2) is 7.43. The molecule has 13 nitrogen and oxygen atoms in total. The monoisotopic (exact) mass is 417 g/mol. The highest BCUT2D eigenvalue weighted by molar-refractivity contribution is 7.46. The zero-order valence-electron chi connectivity index (χ0n) is 15.1. The number of hydrogen-bond donors (Lipinski definition) is 3. The molecule has 0 saturated carbocycles. The van der Waals surface area contributed by atoms with E-state index in [4.69, 9.17) is 25.0 Å². The highest BCUT2D eigenvalue weighted by atomic mass is 31.2. The van der Waals surface area contributed by atoms with Crippen molar-refractivity contribution < 1.29 is 37.9 Å². The summed E-state index contributed by atoms with van der Waals surface area (Å²) in [6, 6.07) is 0. The number of Topliss-reactive ketones (excluding diaryl/α,β-unsaturated/α-hetero) is 1. The summed E-state index contributed by atoms with van der Waals surface area (Å²) in [5, 5.41) is 0. The summed E-state index contributed by atoms with van der Waals surface area (Å²) in [6.45, 7) is 2.10. The maximum Gasteiger partial charge on any atom is 0.469 e. The van der Waals surface area contributed by atoms with Crippen LogP contribution in [0.2, 0.25) is 0 Å². The zero-order chi connectivity index (χ0) is 20.7. The third kappa shape index (κ3) is 4.04. The second-order valence-electron chi connectivity index (χ2n) is 6.44. The molecule has 0 radical (unpaired) electrons. The van der Waals surface area contributed by atoms with Gasteiger partial charge >= 0.3 is 13.8 Å². The molecular formula is C14H20N5O8P. The molecule has 0 aromatic rings. The lowest BCUT2D eigenvalue weighted by Gasteiger charge is -2.30. The van der Waals surface area contributed by atoms with Crippen molar-refractivity contribution in [3.05, 3.63) is 0 Å². The van der Waals surface area contributed by atoms with E-state index in [2.05, 4.69) is 19.5 Å². The number of fused-ring (bicyclic) bond motifs is 1. The number of ether oxygens (including phenoxy) is 2. The van der Waals surface area contributed by atoms with E-state index in [1.165, 1.54) is 20.2 Å². The smallest absolute Gasteiger partial charge is 0.460 e. The molecule has 1 fully saturated rings. The van der Waals surface area contributed by atoms with Crippen molar-refractivity contribution in [2.45, 2.75) is 44.4 Å². The van der Waals surface area contributed by atoms with Gasteiger partial charge in [-0.05, 0) is 6.92 Å². The van der Waals surface area contributed by atoms with Crippen molar-refractivity contribution in [3.63, 3.8) is 0 Å². The molecule has 0 aromatic carbocycles. The predicted octanol–water partition coefficient (Wildman–Crippen LogP) is -1.46. The van der Waals surface area contributed by atoms with Gasteiger partial charge in [0.2, 0.25) is 5.66 Å². The Balaban J connectivity index is 1.77. The third-order valence-electron chi connectivity index (χ3n) is 4.46. The normalized spacial score (nSPS) is 32.0. The maximum atomic E-state index is 11.9. The summed E-state index contributed by atoms with van der Waals surface area (Å²) in [4.78, 5) is 55.0. The molecule has 28 heavy (non-hydrogen) atoms. The van der Waals surface area contributed by atoms with E-state index in [0.29, 0.717) is 5.84 Å². The Morgan fingerprint density at radius 1 is 1.46 bits per heavy atom. The average molecular weight is 417 g/mol. The fourth-order valence-corrected chi connectivity index (χ4v) is 3.46. The highest BCUT2D eigenvalue weighted by Crippen LogP contribution is 2.38. The van der Waals surface area contributed by atoms with E-state index in [0.717, 1.165) is 0 Å². The topological polar surface area (TPSA) is 186 Å². The number of amidine groups is 1. The van der Waals surface area contributed by atoms with Gasteiger partial charge < -0.3 is 24.2 Å². The third-order valence-corrected chi connectivity index (χ3v) is 4.94. The van der Waals surface area contributed by atoms with Crippen LogP contribution in [0.4, 0.5) is 0 Å². The number of carbonyl (C=O) groups excluding carboxylic acids is 2. The molecule has 14 heteroatoms. The molecule has 4 N–H and O–H groups in total. The molecular weight excluding hydrogens is 397 g/mol. The van der Waals surface area contributed by atoms with Crippen LogP contribution in [0.15, 0.2) is 15.0 Å². The van der Waals surface area contributed by atoms with E-state index in [1.54, 1.807) is 4.90 Å². The van der Waals surface area contributed by atoms with Gasteiger partial charge in [-0.1, -0.05) is 0 Å². The molecule has 0 aliphatic carbocycles. The number of aliphatic imine (C=N–C) groups is 3. The fourth-order valence-electron chi connectivity index (χ4n) is 3.12. The van der Waals surface area contributed by atoms with Crippen molar-refractivity contribution in [2.24, 2.45) is 20.7 Å². The van der Waals surface area contributed by atoms with E-state index in [1.807, 2.05) is 0 Å². The average Bonchev–Trinajstić information content (AvgIpc) is 3.16. The van der Waals surface area contributed by atoms with Gasteiger partial charge in [0.05, 0.1) is 6.61 Å². The van der Waals surface area contributed by atoms with Crippen LogP contribution in [0.5, 0.6) is 0 Å². The number of rotatable bonds is 6. The lowest BCUT2D eigenvalue weighted by Crippen LogP contribution is -2.58. The summed E-state index contributed by atoms with van der Waals surface area (Å²) < 4.78 is 26.4. The Morgan fingerprint density at radius 2 is 2.18 bits per heavy atom. The Kier molecular flexibility index (Phi) is 5.49.